The molecule has 1 aromatic heterocycles. The van der Waals surface area contributed by atoms with Gasteiger partial charge in [0.15, 0.2) is 0 Å². The SMILES string of the molecule is CCc1cnccc1S(=O)(=O)Nc1cc(C)c2c(c1)CCC(=C=O)N2. The minimum atomic E-state index is -3.69. The summed E-state index contributed by atoms with van der Waals surface area (Å²) in [6, 6.07) is 5.07. The quantitative estimate of drug-likeness (QED) is 0.822. The second-order valence-corrected chi connectivity index (χ2v) is 7.63. The van der Waals surface area contributed by atoms with Gasteiger partial charge in [0, 0.05) is 30.2 Å². The number of sulfonamides is 1. The minimum Gasteiger partial charge on any atom is -0.349 e. The monoisotopic (exact) mass is 357 g/mol. The van der Waals surface area contributed by atoms with Gasteiger partial charge in [-0.2, -0.15) is 0 Å². The highest BCUT2D eigenvalue weighted by molar-refractivity contribution is 7.92. The van der Waals surface area contributed by atoms with Crippen LogP contribution in [0.5, 0.6) is 0 Å². The van der Waals surface area contributed by atoms with Gasteiger partial charge in [-0.05, 0) is 54.7 Å². The third-order valence-corrected chi connectivity index (χ3v) is 5.72. The number of aromatic nitrogens is 1. The van der Waals surface area contributed by atoms with Gasteiger partial charge < -0.3 is 5.32 Å². The molecule has 0 saturated carbocycles. The summed E-state index contributed by atoms with van der Waals surface area (Å²) in [4.78, 5) is 15.1. The molecule has 2 aromatic rings. The van der Waals surface area contributed by atoms with E-state index in [0.29, 0.717) is 36.2 Å². The molecule has 3 rings (SSSR count). The Labute approximate surface area is 147 Å². The molecule has 7 heteroatoms. The van der Waals surface area contributed by atoms with E-state index in [9.17, 15) is 13.2 Å². The van der Waals surface area contributed by atoms with E-state index in [1.165, 1.54) is 12.3 Å². The van der Waals surface area contributed by atoms with Crippen molar-refractivity contribution in [3.05, 3.63) is 53.0 Å². The Morgan fingerprint density at radius 2 is 2.12 bits per heavy atom. The van der Waals surface area contributed by atoms with Crippen molar-refractivity contribution in [3.63, 3.8) is 0 Å². The molecule has 0 fully saturated rings. The lowest BCUT2D eigenvalue weighted by molar-refractivity contribution is 0.566. The number of hydrogen-bond donors (Lipinski definition) is 2. The van der Waals surface area contributed by atoms with Gasteiger partial charge in [-0.1, -0.05) is 6.92 Å². The number of pyridine rings is 1. The van der Waals surface area contributed by atoms with E-state index in [-0.39, 0.29) is 4.90 Å². The zero-order chi connectivity index (χ0) is 18.0. The first kappa shape index (κ1) is 17.2. The Hall–Kier alpha value is -2.63. The van der Waals surface area contributed by atoms with Crippen molar-refractivity contribution >= 4 is 27.3 Å². The summed E-state index contributed by atoms with van der Waals surface area (Å²) in [5.74, 6) is 1.90. The summed E-state index contributed by atoms with van der Waals surface area (Å²) in [6.45, 7) is 3.77. The van der Waals surface area contributed by atoms with E-state index < -0.39 is 10.0 Å². The number of nitrogens with zero attached hydrogens (tertiary/aromatic N) is 1. The molecule has 0 saturated heterocycles. The van der Waals surface area contributed by atoms with Crippen LogP contribution in [-0.4, -0.2) is 19.3 Å². The molecule has 0 unspecified atom stereocenters. The molecule has 2 N–H and O–H groups in total. The number of anilines is 2. The zero-order valence-corrected chi connectivity index (χ0v) is 14.9. The lowest BCUT2D eigenvalue weighted by Gasteiger charge is -2.22. The average Bonchev–Trinajstić information content (AvgIpc) is 2.61. The number of benzene rings is 1. The summed E-state index contributed by atoms with van der Waals surface area (Å²) >= 11 is 0. The lowest BCUT2D eigenvalue weighted by atomic mass is 9.98. The fourth-order valence-electron chi connectivity index (χ4n) is 3.00. The van der Waals surface area contributed by atoms with Gasteiger partial charge in [-0.15, -0.1) is 0 Å². The first-order valence-corrected chi connectivity index (χ1v) is 9.53. The number of hydrogen-bond acceptors (Lipinski definition) is 5. The first-order chi connectivity index (χ1) is 11.9. The fourth-order valence-corrected chi connectivity index (χ4v) is 4.32. The molecule has 130 valence electrons. The van der Waals surface area contributed by atoms with E-state index in [0.717, 1.165) is 16.8 Å². The van der Waals surface area contributed by atoms with Gasteiger partial charge in [-0.25, -0.2) is 13.2 Å². The van der Waals surface area contributed by atoms with Crippen molar-refractivity contribution < 1.29 is 13.2 Å². The van der Waals surface area contributed by atoms with Gasteiger partial charge in [0.1, 0.15) is 11.6 Å². The fraction of sp³-hybridized carbons (Fsp3) is 0.278. The molecule has 1 aliphatic heterocycles. The number of fused-ring (bicyclic) bond motifs is 1. The highest BCUT2D eigenvalue weighted by Gasteiger charge is 2.21. The highest BCUT2D eigenvalue weighted by Crippen LogP contribution is 2.32. The van der Waals surface area contributed by atoms with Crippen LogP contribution in [0, 0.1) is 6.92 Å². The summed E-state index contributed by atoms with van der Waals surface area (Å²) in [6.07, 6.45) is 4.86. The molecule has 0 spiro atoms. The molecule has 0 atom stereocenters. The molecule has 2 heterocycles. The van der Waals surface area contributed by atoms with Crippen molar-refractivity contribution in [2.24, 2.45) is 0 Å². The predicted octanol–water partition coefficient (Wildman–Crippen LogP) is 2.83. The average molecular weight is 357 g/mol. The molecule has 1 aliphatic rings. The second kappa shape index (κ2) is 6.70. The molecule has 0 aliphatic carbocycles. The Balaban J connectivity index is 1.96. The van der Waals surface area contributed by atoms with Gasteiger partial charge in [-0.3, -0.25) is 9.71 Å². The van der Waals surface area contributed by atoms with Crippen LogP contribution in [-0.2, 0) is 27.7 Å². The normalized spacial score (nSPS) is 13.6. The molecular weight excluding hydrogens is 338 g/mol. The molecule has 0 radical (unpaired) electrons. The van der Waals surface area contributed by atoms with Crippen LogP contribution in [0.25, 0.3) is 0 Å². The van der Waals surface area contributed by atoms with Crippen molar-refractivity contribution in [2.75, 3.05) is 10.0 Å². The summed E-state index contributed by atoms with van der Waals surface area (Å²) in [5.41, 5.74) is 4.40. The van der Waals surface area contributed by atoms with Crippen molar-refractivity contribution in [1.82, 2.24) is 4.98 Å². The largest absolute Gasteiger partial charge is 0.349 e. The standard InChI is InChI=1S/C18H19N3O3S/c1-3-13-10-19-7-6-17(13)25(23,24)21-16-8-12(2)18-14(9-16)4-5-15(11-22)20-18/h6-10,20-21H,3-5H2,1-2H3. The highest BCUT2D eigenvalue weighted by atomic mass is 32.2. The summed E-state index contributed by atoms with van der Waals surface area (Å²) in [7, 11) is -3.69. The number of allylic oxidation sites excluding steroid dienone is 1. The van der Waals surface area contributed by atoms with Gasteiger partial charge >= 0.3 is 0 Å². The van der Waals surface area contributed by atoms with Crippen LogP contribution >= 0.6 is 0 Å². The Bertz CT molecular complexity index is 977. The minimum absolute atomic E-state index is 0.240. The van der Waals surface area contributed by atoms with Crippen LogP contribution < -0.4 is 10.0 Å². The van der Waals surface area contributed by atoms with Crippen LogP contribution in [0.1, 0.15) is 30.0 Å². The summed E-state index contributed by atoms with van der Waals surface area (Å²) < 4.78 is 28.2. The molecule has 1 aromatic carbocycles. The van der Waals surface area contributed by atoms with Crippen molar-refractivity contribution in [1.29, 1.82) is 0 Å². The topological polar surface area (TPSA) is 88.2 Å². The number of rotatable bonds is 4. The van der Waals surface area contributed by atoms with Crippen LogP contribution in [0.2, 0.25) is 0 Å². The lowest BCUT2D eigenvalue weighted by Crippen LogP contribution is -2.17. The third-order valence-electron chi connectivity index (χ3n) is 4.24. The van der Waals surface area contributed by atoms with Crippen LogP contribution in [0.4, 0.5) is 11.4 Å². The molecular formula is C18H19N3O3S. The first-order valence-electron chi connectivity index (χ1n) is 8.05. The van der Waals surface area contributed by atoms with Crippen molar-refractivity contribution in [3.8, 4) is 0 Å². The third kappa shape index (κ3) is 3.43. The molecule has 0 bridgehead atoms. The Kier molecular flexibility index (Phi) is 4.61. The predicted molar refractivity (Wildman–Crippen MR) is 96.8 cm³/mol. The molecule has 0 amide bonds. The van der Waals surface area contributed by atoms with Gasteiger partial charge in [0.2, 0.25) is 0 Å². The van der Waals surface area contributed by atoms with Crippen LogP contribution in [0.3, 0.4) is 0 Å². The van der Waals surface area contributed by atoms with Gasteiger partial charge in [0.25, 0.3) is 10.0 Å². The zero-order valence-electron chi connectivity index (χ0n) is 14.1. The smallest absolute Gasteiger partial charge is 0.262 e. The van der Waals surface area contributed by atoms with Crippen LogP contribution in [0.15, 0.2) is 41.2 Å². The maximum absolute atomic E-state index is 12.7. The van der Waals surface area contributed by atoms with E-state index >= 15 is 0 Å². The Morgan fingerprint density at radius 3 is 2.84 bits per heavy atom. The van der Waals surface area contributed by atoms with Gasteiger partial charge in [0.05, 0.1) is 4.90 Å². The Morgan fingerprint density at radius 1 is 1.32 bits per heavy atom. The molecule has 25 heavy (non-hydrogen) atoms. The van der Waals surface area contributed by atoms with E-state index in [4.69, 9.17) is 0 Å². The van der Waals surface area contributed by atoms with E-state index in [1.807, 2.05) is 19.8 Å². The molecule has 6 nitrogen and oxygen atoms in total. The number of carbonyl (C=O) groups excluding carboxylic acids is 1. The number of nitrogens with one attached hydrogen (secondary N) is 2. The van der Waals surface area contributed by atoms with E-state index in [1.54, 1.807) is 18.3 Å². The van der Waals surface area contributed by atoms with Crippen molar-refractivity contribution in [2.45, 2.75) is 38.0 Å². The van der Waals surface area contributed by atoms with E-state index in [2.05, 4.69) is 15.0 Å². The summed E-state index contributed by atoms with van der Waals surface area (Å²) in [5, 5.41) is 3.06. The number of aryl methyl sites for hydroxylation is 3. The maximum Gasteiger partial charge on any atom is 0.262 e. The maximum atomic E-state index is 12.7. The second-order valence-electron chi connectivity index (χ2n) is 5.98.